The van der Waals surface area contributed by atoms with Crippen LogP contribution in [0, 0.1) is 0 Å². The summed E-state index contributed by atoms with van der Waals surface area (Å²) in [6.07, 6.45) is 0. The lowest BCUT2D eigenvalue weighted by molar-refractivity contribution is 0.376. The van der Waals surface area contributed by atoms with Gasteiger partial charge in [0.1, 0.15) is 17.3 Å². The zero-order valence-corrected chi connectivity index (χ0v) is 10.8. The molecule has 2 rings (SSSR count). The molecule has 0 saturated heterocycles. The van der Waals surface area contributed by atoms with Crippen molar-refractivity contribution in [2.24, 2.45) is 0 Å². The maximum atomic E-state index is 11.4. The van der Waals surface area contributed by atoms with Crippen LogP contribution in [-0.4, -0.2) is 36.3 Å². The van der Waals surface area contributed by atoms with Crippen molar-refractivity contribution in [3.05, 3.63) is 28.7 Å². The average Bonchev–Trinajstić information content (AvgIpc) is 2.45. The summed E-state index contributed by atoms with van der Waals surface area (Å²) in [6, 6.07) is 5.17. The second-order valence-corrected chi connectivity index (χ2v) is 3.59. The molecule has 1 aromatic heterocycles. The maximum Gasteiger partial charge on any atom is 0.351 e. The molecule has 1 heterocycles. The average molecular weight is 263 g/mol. The number of aromatic amines is 1. The van der Waals surface area contributed by atoms with Gasteiger partial charge in [0.25, 0.3) is 0 Å². The Balaban J connectivity index is 2.57. The van der Waals surface area contributed by atoms with Crippen LogP contribution < -0.4 is 19.9 Å². The number of H-pyrrole nitrogens is 1. The smallest absolute Gasteiger partial charge is 0.351 e. The topological polar surface area (TPSA) is 86.3 Å². The van der Waals surface area contributed by atoms with Crippen LogP contribution in [0.25, 0.3) is 11.4 Å². The van der Waals surface area contributed by atoms with E-state index in [1.54, 1.807) is 32.4 Å². The summed E-state index contributed by atoms with van der Waals surface area (Å²) in [7, 11) is 4.48. The molecule has 2 aromatic rings. The minimum absolute atomic E-state index is 0.000497. The number of benzene rings is 1. The summed E-state index contributed by atoms with van der Waals surface area (Å²) in [4.78, 5) is 21.6. The lowest BCUT2D eigenvalue weighted by Gasteiger charge is -2.08. The molecule has 0 atom stereocenters. The first-order chi connectivity index (χ1) is 9.16. The summed E-state index contributed by atoms with van der Waals surface area (Å²) in [5.74, 6) is 1.51. The summed E-state index contributed by atoms with van der Waals surface area (Å²) in [5, 5.41) is 0. The highest BCUT2D eigenvalue weighted by Gasteiger charge is 2.09. The fourth-order valence-electron chi connectivity index (χ4n) is 1.54. The fourth-order valence-corrected chi connectivity index (χ4v) is 1.54. The predicted octanol–water partition coefficient (Wildman–Crippen LogP) is 0.858. The van der Waals surface area contributed by atoms with Crippen molar-refractivity contribution in [2.45, 2.75) is 0 Å². The molecule has 0 amide bonds. The quantitative estimate of drug-likeness (QED) is 0.880. The Morgan fingerprint density at radius 2 is 1.58 bits per heavy atom. The summed E-state index contributed by atoms with van der Waals surface area (Å²) in [6.45, 7) is 0. The molecule has 100 valence electrons. The largest absolute Gasteiger partial charge is 0.497 e. The number of nitrogens with one attached hydrogen (secondary N) is 1. The minimum Gasteiger partial charge on any atom is -0.497 e. The van der Waals surface area contributed by atoms with Gasteiger partial charge in [0.2, 0.25) is 0 Å². The molecule has 0 radical (unpaired) electrons. The molecule has 0 saturated carbocycles. The molecule has 0 fully saturated rings. The van der Waals surface area contributed by atoms with Crippen LogP contribution in [0.2, 0.25) is 0 Å². The van der Waals surface area contributed by atoms with Crippen molar-refractivity contribution in [3.63, 3.8) is 0 Å². The standard InChI is InChI=1S/C12H13N3O4/c1-17-8-4-7(5-9(6-8)18-2)10-13-11(16)15-12(14-10)19-3/h4-6H,1-3H3,(H,13,14,15,16). The molecular formula is C12H13N3O4. The van der Waals surface area contributed by atoms with Gasteiger partial charge in [-0.1, -0.05) is 0 Å². The fraction of sp³-hybridized carbons (Fsp3) is 0.250. The Labute approximate surface area is 109 Å². The lowest BCUT2D eigenvalue weighted by atomic mass is 10.2. The monoisotopic (exact) mass is 263 g/mol. The SMILES string of the molecule is COc1cc(OC)cc(-c2nc(OC)nc(=O)[nH]2)c1. The molecule has 1 N–H and O–H groups in total. The van der Waals surface area contributed by atoms with Crippen LogP contribution in [-0.2, 0) is 0 Å². The molecule has 0 bridgehead atoms. The Hall–Kier alpha value is -2.57. The van der Waals surface area contributed by atoms with E-state index in [4.69, 9.17) is 14.2 Å². The number of methoxy groups -OCH3 is 3. The summed E-state index contributed by atoms with van der Waals surface area (Å²) in [5.41, 5.74) is 0.0950. The second kappa shape index (κ2) is 5.38. The maximum absolute atomic E-state index is 11.4. The molecule has 0 spiro atoms. The zero-order valence-electron chi connectivity index (χ0n) is 10.8. The van der Waals surface area contributed by atoms with Crippen molar-refractivity contribution in [2.75, 3.05) is 21.3 Å². The van der Waals surface area contributed by atoms with Gasteiger partial charge in [-0.15, -0.1) is 4.98 Å². The van der Waals surface area contributed by atoms with Gasteiger partial charge in [-0.25, -0.2) is 4.79 Å². The second-order valence-electron chi connectivity index (χ2n) is 3.59. The number of hydrogen-bond donors (Lipinski definition) is 1. The van der Waals surface area contributed by atoms with Gasteiger partial charge in [-0.05, 0) is 12.1 Å². The van der Waals surface area contributed by atoms with Crippen LogP contribution >= 0.6 is 0 Å². The Kier molecular flexibility index (Phi) is 3.65. The number of nitrogens with zero attached hydrogens (tertiary/aromatic N) is 2. The summed E-state index contributed by atoms with van der Waals surface area (Å²) >= 11 is 0. The molecule has 0 aliphatic carbocycles. The van der Waals surface area contributed by atoms with Gasteiger partial charge in [-0.3, -0.25) is 4.98 Å². The van der Waals surface area contributed by atoms with Crippen molar-refractivity contribution < 1.29 is 14.2 Å². The first-order valence-corrected chi connectivity index (χ1v) is 5.42. The van der Waals surface area contributed by atoms with E-state index >= 15 is 0 Å². The molecule has 7 nitrogen and oxygen atoms in total. The van der Waals surface area contributed by atoms with E-state index in [1.165, 1.54) is 7.11 Å². The van der Waals surface area contributed by atoms with E-state index in [-0.39, 0.29) is 6.01 Å². The van der Waals surface area contributed by atoms with E-state index < -0.39 is 5.69 Å². The number of aromatic nitrogens is 3. The van der Waals surface area contributed by atoms with E-state index in [0.717, 1.165) is 0 Å². The van der Waals surface area contributed by atoms with E-state index in [0.29, 0.717) is 22.9 Å². The van der Waals surface area contributed by atoms with Gasteiger partial charge in [-0.2, -0.15) is 4.98 Å². The predicted molar refractivity (Wildman–Crippen MR) is 67.7 cm³/mol. The normalized spacial score (nSPS) is 10.1. The number of rotatable bonds is 4. The van der Waals surface area contributed by atoms with Crippen LogP contribution in [0.4, 0.5) is 0 Å². The van der Waals surface area contributed by atoms with Gasteiger partial charge >= 0.3 is 11.7 Å². The molecule has 0 aliphatic heterocycles. The highest BCUT2D eigenvalue weighted by Crippen LogP contribution is 2.27. The molecule has 19 heavy (non-hydrogen) atoms. The third-order valence-corrected chi connectivity index (χ3v) is 2.44. The first-order valence-electron chi connectivity index (χ1n) is 5.42. The molecular weight excluding hydrogens is 250 g/mol. The van der Waals surface area contributed by atoms with Crippen LogP contribution in [0.3, 0.4) is 0 Å². The molecule has 1 aromatic carbocycles. The molecule has 0 unspecified atom stereocenters. The van der Waals surface area contributed by atoms with Crippen molar-refractivity contribution >= 4 is 0 Å². The van der Waals surface area contributed by atoms with Crippen molar-refractivity contribution in [1.82, 2.24) is 15.0 Å². The van der Waals surface area contributed by atoms with Crippen LogP contribution in [0.5, 0.6) is 17.5 Å². The Bertz CT molecular complexity index is 617. The zero-order chi connectivity index (χ0) is 13.8. The highest BCUT2D eigenvalue weighted by atomic mass is 16.5. The Morgan fingerprint density at radius 1 is 0.947 bits per heavy atom. The minimum atomic E-state index is -0.538. The van der Waals surface area contributed by atoms with E-state index in [9.17, 15) is 4.79 Å². The van der Waals surface area contributed by atoms with E-state index in [2.05, 4.69) is 15.0 Å². The third-order valence-electron chi connectivity index (χ3n) is 2.44. The molecule has 0 aliphatic rings. The van der Waals surface area contributed by atoms with Gasteiger partial charge in [0.15, 0.2) is 0 Å². The van der Waals surface area contributed by atoms with Gasteiger partial charge in [0.05, 0.1) is 21.3 Å². The third kappa shape index (κ3) is 2.82. The van der Waals surface area contributed by atoms with Gasteiger partial charge < -0.3 is 14.2 Å². The molecule has 7 heteroatoms. The van der Waals surface area contributed by atoms with Crippen LogP contribution in [0.1, 0.15) is 0 Å². The van der Waals surface area contributed by atoms with Gasteiger partial charge in [0, 0.05) is 11.6 Å². The highest BCUT2D eigenvalue weighted by molar-refractivity contribution is 5.60. The van der Waals surface area contributed by atoms with Crippen LogP contribution in [0.15, 0.2) is 23.0 Å². The Morgan fingerprint density at radius 3 is 2.11 bits per heavy atom. The van der Waals surface area contributed by atoms with Crippen molar-refractivity contribution in [1.29, 1.82) is 0 Å². The van der Waals surface area contributed by atoms with Crippen molar-refractivity contribution in [3.8, 4) is 28.9 Å². The summed E-state index contributed by atoms with van der Waals surface area (Å²) < 4.78 is 15.2. The lowest BCUT2D eigenvalue weighted by Crippen LogP contribution is -2.14. The number of hydrogen-bond acceptors (Lipinski definition) is 6. The first kappa shape index (κ1) is 12.9. The van der Waals surface area contributed by atoms with E-state index in [1.807, 2.05) is 0 Å². The number of ether oxygens (including phenoxy) is 3.